The first-order valence-corrected chi connectivity index (χ1v) is 6.41. The third-order valence-corrected chi connectivity index (χ3v) is 3.29. The van der Waals surface area contributed by atoms with E-state index in [0.29, 0.717) is 32.3 Å². The summed E-state index contributed by atoms with van der Waals surface area (Å²) in [5.41, 5.74) is 2.08. The summed E-state index contributed by atoms with van der Waals surface area (Å²) in [6.45, 7) is 3.41. The maximum absolute atomic E-state index is 13.2. The minimum Gasteiger partial charge on any atom is -0.289 e. The summed E-state index contributed by atoms with van der Waals surface area (Å²) >= 11 is 11.8. The highest BCUT2D eigenvalue weighted by Gasteiger charge is 2.16. The topological polar surface area (TPSA) is 17.1 Å². The Hall–Kier alpha value is -1.38. The van der Waals surface area contributed by atoms with Crippen LogP contribution in [0, 0.1) is 19.7 Å². The van der Waals surface area contributed by atoms with Crippen LogP contribution in [0.5, 0.6) is 0 Å². The lowest BCUT2D eigenvalue weighted by Gasteiger charge is -2.10. The summed E-state index contributed by atoms with van der Waals surface area (Å²) in [5, 5.41) is 0.793. The molecule has 0 heterocycles. The van der Waals surface area contributed by atoms with Gasteiger partial charge in [-0.2, -0.15) is 0 Å². The molecule has 0 N–H and O–H groups in total. The van der Waals surface area contributed by atoms with Gasteiger partial charge in [0.25, 0.3) is 0 Å². The van der Waals surface area contributed by atoms with Gasteiger partial charge in [-0.3, -0.25) is 4.79 Å². The highest BCUT2D eigenvalue weighted by atomic mass is 35.5. The molecule has 2 aromatic carbocycles. The molecule has 98 valence electrons. The fourth-order valence-corrected chi connectivity index (χ4v) is 2.62. The van der Waals surface area contributed by atoms with Crippen molar-refractivity contribution in [1.82, 2.24) is 0 Å². The maximum atomic E-state index is 13.2. The Morgan fingerprint density at radius 2 is 1.42 bits per heavy atom. The molecule has 4 heteroatoms. The number of halogens is 3. The van der Waals surface area contributed by atoms with Gasteiger partial charge in [-0.1, -0.05) is 23.2 Å². The molecule has 0 saturated heterocycles. The van der Waals surface area contributed by atoms with E-state index in [1.165, 1.54) is 12.1 Å². The predicted molar refractivity (Wildman–Crippen MR) is 75.8 cm³/mol. The number of carbonyl (C=O) groups is 1. The molecule has 0 aromatic heterocycles. The number of hydrogen-bond acceptors (Lipinski definition) is 1. The van der Waals surface area contributed by atoms with Gasteiger partial charge in [-0.05, 0) is 55.3 Å². The molecular weight excluding hydrogens is 286 g/mol. The Balaban J connectivity index is 2.56. The smallest absolute Gasteiger partial charge is 0.193 e. The zero-order valence-corrected chi connectivity index (χ0v) is 11.9. The van der Waals surface area contributed by atoms with Crippen molar-refractivity contribution in [3.05, 3.63) is 68.4 Å². The molecule has 0 bridgehead atoms. The lowest BCUT2D eigenvalue weighted by atomic mass is 9.95. The predicted octanol–water partition coefficient (Wildman–Crippen LogP) is 4.98. The number of benzene rings is 2. The first kappa shape index (κ1) is 14.0. The summed E-state index contributed by atoms with van der Waals surface area (Å²) in [4.78, 5) is 12.5. The quantitative estimate of drug-likeness (QED) is 0.714. The molecule has 0 radical (unpaired) electrons. The SMILES string of the molecule is Cc1cc(F)cc(C)c1C(=O)c1cc(Cl)cc(Cl)c1. The Morgan fingerprint density at radius 3 is 1.89 bits per heavy atom. The van der Waals surface area contributed by atoms with Gasteiger partial charge in [-0.15, -0.1) is 0 Å². The van der Waals surface area contributed by atoms with E-state index in [1.807, 2.05) is 0 Å². The van der Waals surface area contributed by atoms with Gasteiger partial charge in [0.05, 0.1) is 0 Å². The van der Waals surface area contributed by atoms with Crippen LogP contribution in [-0.4, -0.2) is 5.78 Å². The van der Waals surface area contributed by atoms with E-state index in [4.69, 9.17) is 23.2 Å². The van der Waals surface area contributed by atoms with Crippen molar-refractivity contribution in [1.29, 1.82) is 0 Å². The summed E-state index contributed by atoms with van der Waals surface area (Å²) in [5.74, 6) is -0.560. The van der Waals surface area contributed by atoms with E-state index in [0.717, 1.165) is 0 Å². The van der Waals surface area contributed by atoms with Crippen LogP contribution in [0.2, 0.25) is 10.0 Å². The maximum Gasteiger partial charge on any atom is 0.193 e. The summed E-state index contributed by atoms with van der Waals surface area (Å²) in [7, 11) is 0. The molecule has 0 unspecified atom stereocenters. The van der Waals surface area contributed by atoms with Gasteiger partial charge in [0.1, 0.15) is 5.82 Å². The van der Waals surface area contributed by atoms with E-state index in [-0.39, 0.29) is 11.6 Å². The molecule has 0 amide bonds. The second kappa shape index (κ2) is 5.32. The average Bonchev–Trinajstić information content (AvgIpc) is 2.25. The third kappa shape index (κ3) is 2.96. The standard InChI is InChI=1S/C15H11Cl2FO/c1-8-3-13(18)4-9(2)14(8)15(19)10-5-11(16)7-12(17)6-10/h3-7H,1-2H3. The lowest BCUT2D eigenvalue weighted by molar-refractivity contribution is 0.103. The first-order valence-electron chi connectivity index (χ1n) is 5.66. The molecule has 2 rings (SSSR count). The van der Waals surface area contributed by atoms with Crippen LogP contribution in [0.25, 0.3) is 0 Å². The molecule has 0 aliphatic rings. The van der Waals surface area contributed by atoms with Crippen LogP contribution in [0.3, 0.4) is 0 Å². The van der Waals surface area contributed by atoms with Gasteiger partial charge < -0.3 is 0 Å². The van der Waals surface area contributed by atoms with E-state index in [9.17, 15) is 9.18 Å². The van der Waals surface area contributed by atoms with E-state index >= 15 is 0 Å². The molecule has 0 aliphatic heterocycles. The van der Waals surface area contributed by atoms with Crippen molar-refractivity contribution in [2.75, 3.05) is 0 Å². The van der Waals surface area contributed by atoms with Gasteiger partial charge in [0, 0.05) is 21.2 Å². The van der Waals surface area contributed by atoms with Crippen LogP contribution in [0.4, 0.5) is 4.39 Å². The van der Waals surface area contributed by atoms with Crippen molar-refractivity contribution >= 4 is 29.0 Å². The summed E-state index contributed by atoms with van der Waals surface area (Å²) in [6.07, 6.45) is 0. The van der Waals surface area contributed by atoms with Crippen LogP contribution >= 0.6 is 23.2 Å². The van der Waals surface area contributed by atoms with Crippen LogP contribution in [0.1, 0.15) is 27.0 Å². The van der Waals surface area contributed by atoms with Crippen molar-refractivity contribution in [3.8, 4) is 0 Å². The van der Waals surface area contributed by atoms with Crippen molar-refractivity contribution in [2.45, 2.75) is 13.8 Å². The summed E-state index contributed by atoms with van der Waals surface area (Å²) in [6, 6.07) is 7.35. The normalized spacial score (nSPS) is 10.6. The zero-order chi connectivity index (χ0) is 14.2. The number of hydrogen-bond donors (Lipinski definition) is 0. The van der Waals surface area contributed by atoms with Crippen LogP contribution in [0.15, 0.2) is 30.3 Å². The fraction of sp³-hybridized carbons (Fsp3) is 0.133. The Labute approximate surface area is 121 Å². The molecule has 0 atom stereocenters. The van der Waals surface area contributed by atoms with Gasteiger partial charge >= 0.3 is 0 Å². The molecule has 0 aliphatic carbocycles. The van der Waals surface area contributed by atoms with E-state index < -0.39 is 0 Å². The number of carbonyl (C=O) groups excluding carboxylic acids is 1. The zero-order valence-electron chi connectivity index (χ0n) is 10.4. The van der Waals surface area contributed by atoms with Crippen LogP contribution < -0.4 is 0 Å². The van der Waals surface area contributed by atoms with Gasteiger partial charge in [-0.25, -0.2) is 4.39 Å². The molecule has 2 aromatic rings. The van der Waals surface area contributed by atoms with E-state index in [2.05, 4.69) is 0 Å². The molecule has 1 nitrogen and oxygen atoms in total. The number of aryl methyl sites for hydroxylation is 2. The number of ketones is 1. The molecule has 19 heavy (non-hydrogen) atoms. The highest BCUT2D eigenvalue weighted by Crippen LogP contribution is 2.24. The van der Waals surface area contributed by atoms with Crippen molar-refractivity contribution in [3.63, 3.8) is 0 Å². The largest absolute Gasteiger partial charge is 0.289 e. The summed E-state index contributed by atoms with van der Waals surface area (Å²) < 4.78 is 13.2. The molecule has 0 saturated carbocycles. The molecule has 0 fully saturated rings. The lowest BCUT2D eigenvalue weighted by Crippen LogP contribution is -2.07. The monoisotopic (exact) mass is 296 g/mol. The highest BCUT2D eigenvalue weighted by molar-refractivity contribution is 6.35. The van der Waals surface area contributed by atoms with Crippen LogP contribution in [-0.2, 0) is 0 Å². The molecular formula is C15H11Cl2FO. The van der Waals surface area contributed by atoms with Gasteiger partial charge in [0.2, 0.25) is 0 Å². The van der Waals surface area contributed by atoms with Crippen molar-refractivity contribution < 1.29 is 9.18 Å². The minimum atomic E-state index is -0.351. The first-order chi connectivity index (χ1) is 8.88. The fourth-order valence-electron chi connectivity index (χ4n) is 2.10. The second-order valence-corrected chi connectivity index (χ2v) is 5.27. The van der Waals surface area contributed by atoms with E-state index in [1.54, 1.807) is 32.0 Å². The van der Waals surface area contributed by atoms with Gasteiger partial charge in [0.15, 0.2) is 5.78 Å². The average molecular weight is 297 g/mol. The Morgan fingerprint density at radius 1 is 0.947 bits per heavy atom. The number of rotatable bonds is 2. The minimum absolute atomic E-state index is 0.209. The van der Waals surface area contributed by atoms with Crippen molar-refractivity contribution in [2.24, 2.45) is 0 Å². The molecule has 0 spiro atoms. The third-order valence-electron chi connectivity index (χ3n) is 2.85. The second-order valence-electron chi connectivity index (χ2n) is 4.40. The Bertz CT molecular complexity index is 622. The Kier molecular flexibility index (Phi) is 3.93.